The monoisotopic (exact) mass is 561 g/mol. The van der Waals surface area contributed by atoms with Gasteiger partial charge in [0.2, 0.25) is 0 Å². The molecule has 2 aliphatic heterocycles. The molecule has 4 heterocycles. The van der Waals surface area contributed by atoms with Crippen LogP contribution in [0.2, 0.25) is 0 Å². The van der Waals surface area contributed by atoms with E-state index in [9.17, 15) is 13.5 Å². The highest BCUT2D eigenvalue weighted by Crippen LogP contribution is 2.47. The maximum absolute atomic E-state index is 15.7. The fourth-order valence-corrected chi connectivity index (χ4v) is 7.75. The average Bonchev–Trinajstić information content (AvgIpc) is 3.38. The van der Waals surface area contributed by atoms with Crippen LogP contribution in [0.3, 0.4) is 0 Å². The Kier molecular flexibility index (Phi) is 6.44. The second-order valence-electron chi connectivity index (χ2n) is 12.0. The summed E-state index contributed by atoms with van der Waals surface area (Å²) in [5.41, 5.74) is 4.04. The predicted molar refractivity (Wildman–Crippen MR) is 156 cm³/mol. The summed E-state index contributed by atoms with van der Waals surface area (Å²) in [7, 11) is -1.33. The van der Waals surface area contributed by atoms with Crippen LogP contribution in [0.5, 0.6) is 0 Å². The molecule has 2 aromatic heterocycles. The van der Waals surface area contributed by atoms with E-state index in [0.29, 0.717) is 47.8 Å². The van der Waals surface area contributed by atoms with Crippen molar-refractivity contribution in [2.75, 3.05) is 6.26 Å². The predicted octanol–water partition coefficient (Wildman–Crippen LogP) is 5.98. The Morgan fingerprint density at radius 3 is 2.25 bits per heavy atom. The molecule has 2 unspecified atom stereocenters. The zero-order valence-electron chi connectivity index (χ0n) is 23.6. The van der Waals surface area contributed by atoms with Crippen LogP contribution in [0, 0.1) is 12.7 Å². The molecular formula is C32H36FN3O3S. The van der Waals surface area contributed by atoms with Crippen LogP contribution in [0.15, 0.2) is 59.5 Å². The highest BCUT2D eigenvalue weighted by Gasteiger charge is 2.49. The van der Waals surface area contributed by atoms with Crippen LogP contribution in [-0.4, -0.2) is 52.4 Å². The third kappa shape index (κ3) is 4.46. The Balaban J connectivity index is 1.34. The summed E-state index contributed by atoms with van der Waals surface area (Å²) in [6.07, 6.45) is 4.60. The number of piperidine rings is 1. The Morgan fingerprint density at radius 1 is 1.02 bits per heavy atom. The highest BCUT2D eigenvalue weighted by atomic mass is 32.2. The lowest BCUT2D eigenvalue weighted by molar-refractivity contribution is -0.0656. The van der Waals surface area contributed by atoms with Crippen molar-refractivity contribution in [2.45, 2.75) is 75.1 Å². The summed E-state index contributed by atoms with van der Waals surface area (Å²) >= 11 is 0. The topological polar surface area (TPSA) is 75.4 Å². The molecule has 0 aliphatic carbocycles. The number of aryl methyl sites for hydroxylation is 2. The third-order valence-electron chi connectivity index (χ3n) is 9.01. The fraction of sp³-hybridized carbons (Fsp3) is 0.406. The molecule has 8 heteroatoms. The largest absolute Gasteiger partial charge is 0.385 e. The molecule has 0 saturated carbocycles. The summed E-state index contributed by atoms with van der Waals surface area (Å²) in [6.45, 7) is 6.33. The van der Waals surface area contributed by atoms with Crippen LogP contribution >= 0.6 is 0 Å². The lowest BCUT2D eigenvalue weighted by atomic mass is 9.79. The first kappa shape index (κ1) is 27.1. The Hall–Kier alpha value is -3.07. The lowest BCUT2D eigenvalue weighted by Crippen LogP contribution is -2.52. The van der Waals surface area contributed by atoms with E-state index in [-0.39, 0.29) is 10.7 Å². The number of hydrogen-bond acceptors (Lipinski definition) is 5. The number of benzene rings is 2. The lowest BCUT2D eigenvalue weighted by Gasteiger charge is -2.46. The molecule has 6 rings (SSSR count). The first-order chi connectivity index (χ1) is 18.9. The second kappa shape index (κ2) is 9.50. The number of pyridine rings is 1. The van der Waals surface area contributed by atoms with Gasteiger partial charge in [-0.25, -0.2) is 12.8 Å². The van der Waals surface area contributed by atoms with E-state index in [1.807, 2.05) is 36.7 Å². The second-order valence-corrected chi connectivity index (χ2v) is 14.0. The van der Waals surface area contributed by atoms with Crippen molar-refractivity contribution in [1.82, 2.24) is 14.5 Å². The SMILES string of the molecule is Cc1nc(-c2ccc(C3(O)CC4CCC(C3)N4C(C)C)cc2F)cc2c1cc(-c1ccc(S(C)(=O)=O)cc1)n2C. The molecule has 40 heavy (non-hydrogen) atoms. The molecule has 2 fully saturated rings. The third-order valence-corrected chi connectivity index (χ3v) is 10.1. The molecule has 2 saturated heterocycles. The molecule has 0 amide bonds. The van der Waals surface area contributed by atoms with Crippen molar-refractivity contribution < 1.29 is 17.9 Å². The summed E-state index contributed by atoms with van der Waals surface area (Å²) in [5.74, 6) is -0.387. The van der Waals surface area contributed by atoms with Crippen LogP contribution in [-0.2, 0) is 22.5 Å². The molecule has 2 bridgehead atoms. The first-order valence-electron chi connectivity index (χ1n) is 13.9. The zero-order chi connectivity index (χ0) is 28.6. The summed E-state index contributed by atoms with van der Waals surface area (Å²) in [6, 6.07) is 17.0. The first-order valence-corrected chi connectivity index (χ1v) is 15.8. The minimum absolute atomic E-state index is 0.275. The van der Waals surface area contributed by atoms with Gasteiger partial charge in [-0.3, -0.25) is 9.88 Å². The molecule has 4 aromatic rings. The van der Waals surface area contributed by atoms with Gasteiger partial charge in [-0.15, -0.1) is 0 Å². The minimum atomic E-state index is -3.28. The molecule has 2 atom stereocenters. The van der Waals surface area contributed by atoms with Crippen molar-refractivity contribution in [3.8, 4) is 22.5 Å². The smallest absolute Gasteiger partial charge is 0.175 e. The number of fused-ring (bicyclic) bond motifs is 3. The standard InChI is InChI=1S/C32H36FN3O3S/c1-19(2)36-23-9-10-24(36)18-32(37,17-23)22-8-13-26(28(33)14-22)29-16-31-27(20(3)34-29)15-30(35(31)4)21-6-11-25(12-7-21)40(5,38)39/h6-8,11-16,19,23-24,37H,9-10,17-18H2,1-5H3. The molecule has 0 radical (unpaired) electrons. The van der Waals surface area contributed by atoms with E-state index in [1.54, 1.807) is 30.3 Å². The quantitative estimate of drug-likeness (QED) is 0.324. The maximum Gasteiger partial charge on any atom is 0.175 e. The van der Waals surface area contributed by atoms with Crippen LogP contribution in [0.25, 0.3) is 33.4 Å². The Bertz CT molecular complexity index is 1710. The average molecular weight is 562 g/mol. The number of aromatic nitrogens is 2. The molecule has 2 aromatic carbocycles. The number of halogens is 1. The fourth-order valence-electron chi connectivity index (χ4n) is 7.12. The van der Waals surface area contributed by atoms with Gasteiger partial charge in [0.05, 0.1) is 21.7 Å². The van der Waals surface area contributed by atoms with Gasteiger partial charge in [0.15, 0.2) is 9.84 Å². The normalized spacial score (nSPS) is 23.4. The van der Waals surface area contributed by atoms with Crippen molar-refractivity contribution in [3.05, 3.63) is 71.7 Å². The van der Waals surface area contributed by atoms with Crippen LogP contribution < -0.4 is 0 Å². The molecule has 1 N–H and O–H groups in total. The Labute approximate surface area is 235 Å². The van der Waals surface area contributed by atoms with Gasteiger partial charge in [0.25, 0.3) is 0 Å². The van der Waals surface area contributed by atoms with E-state index in [4.69, 9.17) is 4.98 Å². The van der Waals surface area contributed by atoms with E-state index in [2.05, 4.69) is 18.7 Å². The van der Waals surface area contributed by atoms with Crippen LogP contribution in [0.1, 0.15) is 50.8 Å². The summed E-state index contributed by atoms with van der Waals surface area (Å²) in [4.78, 5) is 7.55. The summed E-state index contributed by atoms with van der Waals surface area (Å²) in [5, 5.41) is 12.6. The maximum atomic E-state index is 15.7. The molecular weight excluding hydrogens is 525 g/mol. The number of aliphatic hydroxyl groups is 1. The molecule has 6 nitrogen and oxygen atoms in total. The van der Waals surface area contributed by atoms with Gasteiger partial charge >= 0.3 is 0 Å². The Morgan fingerprint density at radius 2 is 1.68 bits per heavy atom. The molecule has 2 aliphatic rings. The highest BCUT2D eigenvalue weighted by molar-refractivity contribution is 7.90. The van der Waals surface area contributed by atoms with Gasteiger partial charge in [0, 0.05) is 53.8 Å². The van der Waals surface area contributed by atoms with Gasteiger partial charge in [0.1, 0.15) is 5.82 Å². The number of rotatable bonds is 5. The van der Waals surface area contributed by atoms with E-state index < -0.39 is 15.4 Å². The van der Waals surface area contributed by atoms with Crippen molar-refractivity contribution in [1.29, 1.82) is 0 Å². The number of nitrogens with zero attached hydrogens (tertiary/aromatic N) is 3. The minimum Gasteiger partial charge on any atom is -0.385 e. The van der Waals surface area contributed by atoms with Crippen molar-refractivity contribution in [2.24, 2.45) is 7.05 Å². The summed E-state index contributed by atoms with van der Waals surface area (Å²) < 4.78 is 41.5. The molecule has 0 spiro atoms. The van der Waals surface area contributed by atoms with Crippen molar-refractivity contribution >= 4 is 20.7 Å². The van der Waals surface area contributed by atoms with E-state index in [0.717, 1.165) is 40.7 Å². The van der Waals surface area contributed by atoms with Crippen LogP contribution in [0.4, 0.5) is 4.39 Å². The molecule has 210 valence electrons. The van der Waals surface area contributed by atoms with Gasteiger partial charge in [-0.2, -0.15) is 0 Å². The van der Waals surface area contributed by atoms with Crippen molar-refractivity contribution in [3.63, 3.8) is 0 Å². The van der Waals surface area contributed by atoms with Gasteiger partial charge < -0.3 is 9.67 Å². The number of hydrogen-bond donors (Lipinski definition) is 1. The van der Waals surface area contributed by atoms with Gasteiger partial charge in [-0.05, 0) is 94.0 Å². The van der Waals surface area contributed by atoms with Gasteiger partial charge in [-0.1, -0.05) is 18.2 Å². The zero-order valence-corrected chi connectivity index (χ0v) is 24.5. The van der Waals surface area contributed by atoms with E-state index >= 15 is 4.39 Å². The number of sulfone groups is 1. The van der Waals surface area contributed by atoms with E-state index in [1.165, 1.54) is 12.3 Å².